The van der Waals surface area contributed by atoms with Crippen LogP contribution in [0.5, 0.6) is 0 Å². The van der Waals surface area contributed by atoms with Crippen molar-refractivity contribution in [2.45, 2.75) is 18.9 Å². The standard InChI is InChI=1S/C16H18BrN3/c17-13-8-11-2-1-3-15(16(11)18-9-13)19-14-5-7-20-6-4-12(14)10-20/h1-3,8-9,12,14,19H,4-7,10H2. The molecule has 2 aliphatic heterocycles. The molecular formula is C16H18BrN3. The third-order valence-electron chi connectivity index (χ3n) is 4.65. The molecule has 3 heterocycles. The van der Waals surface area contributed by atoms with Crippen LogP contribution in [0.15, 0.2) is 34.9 Å². The van der Waals surface area contributed by atoms with E-state index < -0.39 is 0 Å². The zero-order valence-electron chi connectivity index (χ0n) is 11.3. The average Bonchev–Trinajstić information content (AvgIpc) is 2.84. The molecule has 3 atom stereocenters. The van der Waals surface area contributed by atoms with Crippen LogP contribution in [0.3, 0.4) is 0 Å². The van der Waals surface area contributed by atoms with Crippen LogP contribution >= 0.6 is 15.9 Å². The molecule has 0 radical (unpaired) electrons. The van der Waals surface area contributed by atoms with Crippen molar-refractivity contribution in [3.8, 4) is 0 Å². The lowest BCUT2D eigenvalue weighted by Gasteiger charge is -2.31. The Kier molecular flexibility index (Phi) is 3.15. The Labute approximate surface area is 127 Å². The second-order valence-electron chi connectivity index (χ2n) is 5.92. The van der Waals surface area contributed by atoms with Crippen LogP contribution < -0.4 is 5.32 Å². The van der Waals surface area contributed by atoms with E-state index in [4.69, 9.17) is 0 Å². The Morgan fingerprint density at radius 1 is 1.25 bits per heavy atom. The van der Waals surface area contributed by atoms with Crippen molar-refractivity contribution in [3.05, 3.63) is 34.9 Å². The molecule has 2 aliphatic rings. The van der Waals surface area contributed by atoms with Crippen molar-refractivity contribution in [2.24, 2.45) is 5.92 Å². The smallest absolute Gasteiger partial charge is 0.0934 e. The summed E-state index contributed by atoms with van der Waals surface area (Å²) >= 11 is 3.49. The molecule has 1 aromatic heterocycles. The van der Waals surface area contributed by atoms with Gasteiger partial charge in [0.05, 0.1) is 11.2 Å². The first-order valence-electron chi connectivity index (χ1n) is 7.33. The highest BCUT2D eigenvalue weighted by Gasteiger charge is 2.34. The Morgan fingerprint density at radius 3 is 3.10 bits per heavy atom. The second-order valence-corrected chi connectivity index (χ2v) is 6.84. The minimum atomic E-state index is 0.602. The number of nitrogens with zero attached hydrogens (tertiary/aromatic N) is 2. The van der Waals surface area contributed by atoms with Gasteiger partial charge in [0.1, 0.15) is 0 Å². The third-order valence-corrected chi connectivity index (χ3v) is 5.09. The van der Waals surface area contributed by atoms with E-state index >= 15 is 0 Å². The second kappa shape index (κ2) is 5.01. The summed E-state index contributed by atoms with van der Waals surface area (Å²) < 4.78 is 1.03. The molecule has 3 unspecified atom stereocenters. The predicted molar refractivity (Wildman–Crippen MR) is 86.0 cm³/mol. The van der Waals surface area contributed by atoms with Gasteiger partial charge in [-0.1, -0.05) is 12.1 Å². The summed E-state index contributed by atoms with van der Waals surface area (Å²) in [6.45, 7) is 3.78. The summed E-state index contributed by atoms with van der Waals surface area (Å²) in [6.07, 6.45) is 4.46. The van der Waals surface area contributed by atoms with Crippen molar-refractivity contribution in [3.63, 3.8) is 0 Å². The molecule has 104 valence electrons. The van der Waals surface area contributed by atoms with Crippen molar-refractivity contribution >= 4 is 32.5 Å². The van der Waals surface area contributed by atoms with Gasteiger partial charge >= 0.3 is 0 Å². The van der Waals surface area contributed by atoms with Gasteiger partial charge in [-0.15, -0.1) is 0 Å². The summed E-state index contributed by atoms with van der Waals surface area (Å²) in [5, 5.41) is 4.95. The lowest BCUT2D eigenvalue weighted by atomic mass is 9.94. The number of anilines is 1. The molecule has 0 amide bonds. The van der Waals surface area contributed by atoms with E-state index in [1.807, 2.05) is 6.20 Å². The maximum Gasteiger partial charge on any atom is 0.0934 e. The van der Waals surface area contributed by atoms with E-state index in [0.717, 1.165) is 15.9 Å². The highest BCUT2D eigenvalue weighted by Crippen LogP contribution is 2.31. The Balaban J connectivity index is 1.65. The molecule has 0 spiro atoms. The topological polar surface area (TPSA) is 28.2 Å². The van der Waals surface area contributed by atoms with Gasteiger partial charge in [-0.2, -0.15) is 0 Å². The van der Waals surface area contributed by atoms with Gasteiger partial charge < -0.3 is 10.2 Å². The van der Waals surface area contributed by atoms with Gasteiger partial charge in [-0.3, -0.25) is 4.98 Å². The van der Waals surface area contributed by atoms with Gasteiger partial charge in [-0.05, 0) is 53.4 Å². The molecule has 4 rings (SSSR count). The molecule has 0 aliphatic carbocycles. The zero-order valence-corrected chi connectivity index (χ0v) is 12.9. The zero-order chi connectivity index (χ0) is 13.5. The largest absolute Gasteiger partial charge is 0.380 e. The molecule has 4 heteroatoms. The Morgan fingerprint density at radius 2 is 2.15 bits per heavy atom. The van der Waals surface area contributed by atoms with Gasteiger partial charge in [0.15, 0.2) is 0 Å². The first kappa shape index (κ1) is 12.6. The Hall–Kier alpha value is -1.13. The first-order chi connectivity index (χ1) is 9.79. The van der Waals surface area contributed by atoms with Crippen molar-refractivity contribution in [1.82, 2.24) is 9.88 Å². The van der Waals surface area contributed by atoms with E-state index in [-0.39, 0.29) is 0 Å². The summed E-state index contributed by atoms with van der Waals surface area (Å²) in [7, 11) is 0. The number of nitrogens with one attached hydrogen (secondary N) is 1. The maximum absolute atomic E-state index is 4.59. The number of hydrogen-bond donors (Lipinski definition) is 1. The molecular weight excluding hydrogens is 314 g/mol. The monoisotopic (exact) mass is 331 g/mol. The van der Waals surface area contributed by atoms with Gasteiger partial charge in [0.2, 0.25) is 0 Å². The number of fused-ring (bicyclic) bond motifs is 3. The fourth-order valence-electron chi connectivity index (χ4n) is 3.59. The number of benzene rings is 1. The molecule has 0 saturated carbocycles. The fourth-order valence-corrected chi connectivity index (χ4v) is 3.94. The van der Waals surface area contributed by atoms with Gasteiger partial charge in [0, 0.05) is 35.2 Å². The lowest BCUT2D eigenvalue weighted by Crippen LogP contribution is -2.39. The summed E-state index contributed by atoms with van der Waals surface area (Å²) in [4.78, 5) is 7.17. The minimum Gasteiger partial charge on any atom is -0.380 e. The van der Waals surface area contributed by atoms with Crippen LogP contribution in [-0.2, 0) is 0 Å². The molecule has 1 aromatic carbocycles. The summed E-state index contributed by atoms with van der Waals surface area (Å²) in [5.74, 6) is 0.800. The molecule has 2 bridgehead atoms. The quantitative estimate of drug-likeness (QED) is 0.912. The Bertz CT molecular complexity index is 643. The molecule has 2 saturated heterocycles. The van der Waals surface area contributed by atoms with Crippen molar-refractivity contribution in [2.75, 3.05) is 25.0 Å². The number of para-hydroxylation sites is 1. The number of aromatic nitrogens is 1. The molecule has 20 heavy (non-hydrogen) atoms. The van der Waals surface area contributed by atoms with Crippen LogP contribution in [0.25, 0.3) is 10.9 Å². The van der Waals surface area contributed by atoms with Crippen LogP contribution in [0.2, 0.25) is 0 Å². The molecule has 1 N–H and O–H groups in total. The normalized spacial score (nSPS) is 28.8. The summed E-state index contributed by atoms with van der Waals surface area (Å²) in [6, 6.07) is 9.12. The van der Waals surface area contributed by atoms with Gasteiger partial charge in [0.25, 0.3) is 0 Å². The van der Waals surface area contributed by atoms with Crippen LogP contribution in [0, 0.1) is 5.92 Å². The number of pyridine rings is 1. The summed E-state index contributed by atoms with van der Waals surface area (Å²) in [5.41, 5.74) is 2.26. The molecule has 3 nitrogen and oxygen atoms in total. The molecule has 2 fully saturated rings. The van der Waals surface area contributed by atoms with E-state index in [9.17, 15) is 0 Å². The van der Waals surface area contributed by atoms with E-state index in [0.29, 0.717) is 6.04 Å². The first-order valence-corrected chi connectivity index (χ1v) is 8.12. The highest BCUT2D eigenvalue weighted by molar-refractivity contribution is 9.10. The lowest BCUT2D eigenvalue weighted by molar-refractivity contribution is 0.255. The highest BCUT2D eigenvalue weighted by atomic mass is 79.9. The van der Waals surface area contributed by atoms with Gasteiger partial charge in [-0.25, -0.2) is 0 Å². The number of piperidine rings is 1. The predicted octanol–water partition coefficient (Wildman–Crippen LogP) is 3.50. The van der Waals surface area contributed by atoms with E-state index in [1.54, 1.807) is 0 Å². The SMILES string of the molecule is Brc1cnc2c(NC3CCN4CCC3C4)cccc2c1. The van der Waals surface area contributed by atoms with E-state index in [2.05, 4.69) is 55.4 Å². The molecule has 2 aromatic rings. The number of halogens is 1. The van der Waals surface area contributed by atoms with Crippen molar-refractivity contribution in [1.29, 1.82) is 0 Å². The maximum atomic E-state index is 4.59. The van der Waals surface area contributed by atoms with Crippen LogP contribution in [0.4, 0.5) is 5.69 Å². The minimum absolute atomic E-state index is 0.602. The number of hydrogen-bond acceptors (Lipinski definition) is 3. The average molecular weight is 332 g/mol. The van der Waals surface area contributed by atoms with Crippen LogP contribution in [0.1, 0.15) is 12.8 Å². The fraction of sp³-hybridized carbons (Fsp3) is 0.438. The van der Waals surface area contributed by atoms with Crippen LogP contribution in [-0.4, -0.2) is 35.6 Å². The van der Waals surface area contributed by atoms with Crippen molar-refractivity contribution < 1.29 is 0 Å². The number of rotatable bonds is 2. The van der Waals surface area contributed by atoms with E-state index in [1.165, 1.54) is 43.5 Å². The third kappa shape index (κ3) is 2.21.